The Morgan fingerprint density at radius 2 is 1.87 bits per heavy atom. The van der Waals surface area contributed by atoms with E-state index in [1.54, 1.807) is 0 Å². The van der Waals surface area contributed by atoms with Gasteiger partial charge in [0.15, 0.2) is 6.61 Å². The lowest BCUT2D eigenvalue weighted by Crippen LogP contribution is -2.40. The Hall–Kier alpha value is -2.34. The molecule has 12 heteroatoms. The maximum atomic E-state index is 12.8. The third-order valence-electron chi connectivity index (χ3n) is 4.34. The molecule has 0 aliphatic carbocycles. The molecular weight excluding hydrogens is 461 g/mol. The fraction of sp³-hybridized carbons (Fsp3) is 0.316. The summed E-state index contributed by atoms with van der Waals surface area (Å²) in [5, 5.41) is 2.27. The van der Waals surface area contributed by atoms with Gasteiger partial charge in [-0.2, -0.15) is 17.5 Å². The first-order valence-corrected chi connectivity index (χ1v) is 10.9. The molecule has 0 spiro atoms. The fourth-order valence-corrected chi connectivity index (χ4v) is 4.54. The number of carbonyl (C=O) groups excluding carboxylic acids is 1. The minimum Gasteiger partial charge on any atom is -0.482 e. The normalized spacial score (nSPS) is 15.5. The van der Waals surface area contributed by atoms with Gasteiger partial charge in [-0.05, 0) is 36.4 Å². The van der Waals surface area contributed by atoms with Crippen LogP contribution in [0.15, 0.2) is 47.4 Å². The molecule has 7 nitrogen and oxygen atoms in total. The van der Waals surface area contributed by atoms with Gasteiger partial charge in [0, 0.05) is 18.8 Å². The molecule has 31 heavy (non-hydrogen) atoms. The van der Waals surface area contributed by atoms with Crippen LogP contribution in [0.3, 0.4) is 0 Å². The van der Waals surface area contributed by atoms with Gasteiger partial charge in [0.05, 0.1) is 28.7 Å². The molecule has 2 aromatic rings. The Bertz CT molecular complexity index is 1060. The number of ether oxygens (including phenoxy) is 2. The number of halogens is 4. The SMILES string of the molecule is O=C(COc1ccc(S(=O)(=O)N2CCOCC2)cc1Cl)Nc1cccc(C(F)(F)F)c1. The Labute approximate surface area is 181 Å². The number of hydrogen-bond acceptors (Lipinski definition) is 5. The molecule has 0 unspecified atom stereocenters. The van der Waals surface area contributed by atoms with Crippen molar-refractivity contribution in [2.75, 3.05) is 38.2 Å². The number of anilines is 1. The zero-order chi connectivity index (χ0) is 22.6. The zero-order valence-electron chi connectivity index (χ0n) is 16.0. The first-order chi connectivity index (χ1) is 14.6. The van der Waals surface area contributed by atoms with Crippen LogP contribution in [-0.2, 0) is 25.7 Å². The number of nitrogens with one attached hydrogen (secondary N) is 1. The molecule has 1 fully saturated rings. The highest BCUT2D eigenvalue weighted by molar-refractivity contribution is 7.89. The number of sulfonamides is 1. The number of rotatable bonds is 6. The lowest BCUT2D eigenvalue weighted by molar-refractivity contribution is -0.137. The van der Waals surface area contributed by atoms with Gasteiger partial charge < -0.3 is 14.8 Å². The van der Waals surface area contributed by atoms with Crippen molar-refractivity contribution < 1.29 is 35.9 Å². The first-order valence-electron chi connectivity index (χ1n) is 9.05. The number of benzene rings is 2. The first kappa shape index (κ1) is 23.3. The van der Waals surface area contributed by atoms with E-state index in [0.717, 1.165) is 12.1 Å². The number of nitrogens with zero attached hydrogens (tertiary/aromatic N) is 1. The van der Waals surface area contributed by atoms with Gasteiger partial charge >= 0.3 is 6.18 Å². The van der Waals surface area contributed by atoms with Crippen molar-refractivity contribution in [1.29, 1.82) is 0 Å². The molecule has 3 rings (SSSR count). The van der Waals surface area contributed by atoms with Crippen molar-refractivity contribution in [1.82, 2.24) is 4.31 Å². The highest BCUT2D eigenvalue weighted by Gasteiger charge is 2.30. The smallest absolute Gasteiger partial charge is 0.416 e. The van der Waals surface area contributed by atoms with Crippen molar-refractivity contribution in [2.45, 2.75) is 11.1 Å². The summed E-state index contributed by atoms with van der Waals surface area (Å²) >= 11 is 6.10. The van der Waals surface area contributed by atoms with Crippen LogP contribution >= 0.6 is 11.6 Å². The minimum absolute atomic E-state index is 0.0267. The molecule has 1 N–H and O–H groups in total. The van der Waals surface area contributed by atoms with Gasteiger partial charge in [0.2, 0.25) is 10.0 Å². The van der Waals surface area contributed by atoms with Gasteiger partial charge in [-0.15, -0.1) is 0 Å². The summed E-state index contributed by atoms with van der Waals surface area (Å²) in [6, 6.07) is 8.00. The second-order valence-electron chi connectivity index (χ2n) is 6.52. The number of carbonyl (C=O) groups is 1. The molecule has 2 aromatic carbocycles. The summed E-state index contributed by atoms with van der Waals surface area (Å²) in [5.41, 5.74) is -0.937. The molecule has 0 aromatic heterocycles. The van der Waals surface area contributed by atoms with Crippen molar-refractivity contribution in [3.05, 3.63) is 53.1 Å². The second kappa shape index (κ2) is 9.43. The third kappa shape index (κ3) is 5.88. The van der Waals surface area contributed by atoms with Crippen LogP contribution in [0.1, 0.15) is 5.56 Å². The quantitative estimate of drug-likeness (QED) is 0.688. The molecule has 0 bridgehead atoms. The van der Waals surface area contributed by atoms with Crippen LogP contribution in [0, 0.1) is 0 Å². The van der Waals surface area contributed by atoms with Crippen molar-refractivity contribution in [3.63, 3.8) is 0 Å². The molecule has 0 radical (unpaired) electrons. The second-order valence-corrected chi connectivity index (χ2v) is 8.87. The monoisotopic (exact) mass is 478 g/mol. The summed E-state index contributed by atoms with van der Waals surface area (Å²) in [6.45, 7) is 0.525. The minimum atomic E-state index is -4.53. The maximum Gasteiger partial charge on any atom is 0.416 e. The van der Waals surface area contributed by atoms with Crippen molar-refractivity contribution >= 4 is 33.2 Å². The molecule has 1 saturated heterocycles. The van der Waals surface area contributed by atoms with E-state index in [1.165, 1.54) is 34.6 Å². The molecular formula is C19H18ClF3N2O5S. The van der Waals surface area contributed by atoms with Gasteiger partial charge in [-0.1, -0.05) is 17.7 Å². The van der Waals surface area contributed by atoms with Gasteiger partial charge in [-0.3, -0.25) is 4.79 Å². The molecule has 0 atom stereocenters. The largest absolute Gasteiger partial charge is 0.482 e. The van der Waals surface area contributed by atoms with Gasteiger partial charge in [0.1, 0.15) is 5.75 Å². The average Bonchev–Trinajstić information content (AvgIpc) is 2.73. The van der Waals surface area contributed by atoms with E-state index in [4.69, 9.17) is 21.1 Å². The molecule has 1 aliphatic heterocycles. The highest BCUT2D eigenvalue weighted by Crippen LogP contribution is 2.31. The third-order valence-corrected chi connectivity index (χ3v) is 6.53. The summed E-state index contributed by atoms with van der Waals surface area (Å²) < 4.78 is 75.3. The fourth-order valence-electron chi connectivity index (χ4n) is 2.81. The molecule has 1 aliphatic rings. The van der Waals surface area contributed by atoms with Crippen LogP contribution < -0.4 is 10.1 Å². The predicted octanol–water partition coefficient (Wildman–Crippen LogP) is 3.40. The van der Waals surface area contributed by atoms with Gasteiger partial charge in [-0.25, -0.2) is 8.42 Å². The summed E-state index contributed by atoms with van der Waals surface area (Å²) in [6.07, 6.45) is -4.53. The van der Waals surface area contributed by atoms with E-state index in [0.29, 0.717) is 13.2 Å². The Morgan fingerprint density at radius 3 is 2.52 bits per heavy atom. The van der Waals surface area contributed by atoms with Gasteiger partial charge in [0.25, 0.3) is 5.91 Å². The predicted molar refractivity (Wildman–Crippen MR) is 107 cm³/mol. The molecule has 1 heterocycles. The standard InChI is InChI=1S/C19H18ClF3N2O5S/c20-16-11-15(31(27,28)25-6-8-29-9-7-25)4-5-17(16)30-12-18(26)24-14-3-1-2-13(10-14)19(21,22)23/h1-5,10-11H,6-9,12H2,(H,24,26). The van der Waals surface area contributed by atoms with Crippen LogP contribution in [-0.4, -0.2) is 51.5 Å². The zero-order valence-corrected chi connectivity index (χ0v) is 17.6. The average molecular weight is 479 g/mol. The van der Waals surface area contributed by atoms with E-state index >= 15 is 0 Å². The Balaban J connectivity index is 1.62. The summed E-state index contributed by atoms with van der Waals surface area (Å²) in [7, 11) is -3.75. The van der Waals surface area contributed by atoms with E-state index in [1.807, 2.05) is 0 Å². The molecule has 0 saturated carbocycles. The summed E-state index contributed by atoms with van der Waals surface area (Å²) in [4.78, 5) is 12.0. The van der Waals surface area contributed by atoms with Crippen LogP contribution in [0.2, 0.25) is 5.02 Å². The van der Waals surface area contributed by atoms with Crippen LogP contribution in [0.4, 0.5) is 18.9 Å². The summed E-state index contributed by atoms with van der Waals surface area (Å²) in [5.74, 6) is -0.651. The maximum absolute atomic E-state index is 12.8. The van der Waals surface area contributed by atoms with Crippen LogP contribution in [0.5, 0.6) is 5.75 Å². The lowest BCUT2D eigenvalue weighted by atomic mass is 10.2. The van der Waals surface area contributed by atoms with E-state index in [9.17, 15) is 26.4 Å². The number of alkyl halides is 3. The van der Waals surface area contributed by atoms with E-state index < -0.39 is 34.3 Å². The molecule has 1 amide bonds. The highest BCUT2D eigenvalue weighted by atomic mass is 35.5. The van der Waals surface area contributed by atoms with E-state index in [-0.39, 0.29) is 34.4 Å². The van der Waals surface area contributed by atoms with Crippen molar-refractivity contribution in [3.8, 4) is 5.75 Å². The Morgan fingerprint density at radius 1 is 1.16 bits per heavy atom. The lowest BCUT2D eigenvalue weighted by Gasteiger charge is -2.26. The van der Waals surface area contributed by atoms with E-state index in [2.05, 4.69) is 5.32 Å². The van der Waals surface area contributed by atoms with Crippen molar-refractivity contribution in [2.24, 2.45) is 0 Å². The number of amides is 1. The molecule has 168 valence electrons. The Kier molecular flexibility index (Phi) is 7.10. The number of hydrogen-bond donors (Lipinski definition) is 1. The topological polar surface area (TPSA) is 84.9 Å². The number of morpholine rings is 1. The van der Waals surface area contributed by atoms with Crippen LogP contribution in [0.25, 0.3) is 0 Å².